The molecular weight excluding hydrogens is 372 g/mol. The Morgan fingerprint density at radius 3 is 2.38 bits per heavy atom. The van der Waals surface area contributed by atoms with Crippen molar-refractivity contribution in [1.82, 2.24) is 9.62 Å². The molecule has 2 aromatic rings. The van der Waals surface area contributed by atoms with Crippen molar-refractivity contribution in [1.29, 1.82) is 0 Å². The first-order valence-corrected chi connectivity index (χ1v) is 9.97. The van der Waals surface area contributed by atoms with E-state index < -0.39 is 10.0 Å². The van der Waals surface area contributed by atoms with Crippen LogP contribution in [0, 0.1) is 0 Å². The Labute approximate surface area is 159 Å². The molecule has 138 valence electrons. The van der Waals surface area contributed by atoms with Gasteiger partial charge in [0, 0.05) is 24.2 Å². The maximum absolute atomic E-state index is 12.4. The molecule has 0 fully saturated rings. The van der Waals surface area contributed by atoms with E-state index in [0.717, 1.165) is 11.1 Å². The zero-order chi connectivity index (χ0) is 19.2. The van der Waals surface area contributed by atoms with Crippen molar-refractivity contribution in [3.63, 3.8) is 0 Å². The maximum Gasteiger partial charge on any atom is 0.246 e. The molecule has 5 nitrogen and oxygen atoms in total. The second-order valence-corrected chi connectivity index (χ2v) is 7.85. The molecule has 0 aromatic heterocycles. The number of carbonyl (C=O) groups is 1. The van der Waals surface area contributed by atoms with Crippen molar-refractivity contribution < 1.29 is 13.2 Å². The van der Waals surface area contributed by atoms with Crippen LogP contribution in [0.4, 0.5) is 0 Å². The van der Waals surface area contributed by atoms with Crippen molar-refractivity contribution in [3.05, 3.63) is 70.8 Å². The Balaban J connectivity index is 2.08. The number of benzene rings is 2. The van der Waals surface area contributed by atoms with Gasteiger partial charge in [-0.3, -0.25) is 4.79 Å². The average Bonchev–Trinajstić information content (AvgIpc) is 2.65. The highest BCUT2D eigenvalue weighted by molar-refractivity contribution is 7.89. The van der Waals surface area contributed by atoms with Crippen molar-refractivity contribution >= 4 is 33.6 Å². The first-order chi connectivity index (χ1) is 12.4. The van der Waals surface area contributed by atoms with Crippen molar-refractivity contribution in [2.24, 2.45) is 0 Å². The SMILES string of the molecule is CCN(Cc1ccccc1Cl)C(=O)/C=C/c1ccc(S(=O)(=O)NC)cc1. The lowest BCUT2D eigenvalue weighted by Crippen LogP contribution is -2.28. The Morgan fingerprint density at radius 2 is 1.81 bits per heavy atom. The summed E-state index contributed by atoms with van der Waals surface area (Å²) in [4.78, 5) is 14.3. The van der Waals surface area contributed by atoms with E-state index in [1.807, 2.05) is 25.1 Å². The molecule has 7 heteroatoms. The third-order valence-corrected chi connectivity index (χ3v) is 5.69. The van der Waals surface area contributed by atoms with Crippen LogP contribution in [-0.2, 0) is 21.4 Å². The highest BCUT2D eigenvalue weighted by atomic mass is 35.5. The molecule has 0 saturated heterocycles. The smallest absolute Gasteiger partial charge is 0.246 e. The summed E-state index contributed by atoms with van der Waals surface area (Å²) in [6.07, 6.45) is 3.13. The van der Waals surface area contributed by atoms with Gasteiger partial charge in [0.1, 0.15) is 0 Å². The number of halogens is 1. The summed E-state index contributed by atoms with van der Waals surface area (Å²) in [5.41, 5.74) is 1.63. The fourth-order valence-electron chi connectivity index (χ4n) is 2.33. The largest absolute Gasteiger partial charge is 0.335 e. The summed E-state index contributed by atoms with van der Waals surface area (Å²) in [6.45, 7) is 2.88. The summed E-state index contributed by atoms with van der Waals surface area (Å²) in [7, 11) is -2.10. The van der Waals surface area contributed by atoms with Gasteiger partial charge in [0.2, 0.25) is 15.9 Å². The molecule has 0 atom stereocenters. The van der Waals surface area contributed by atoms with E-state index in [4.69, 9.17) is 11.6 Å². The molecule has 0 aliphatic rings. The van der Waals surface area contributed by atoms with Crippen LogP contribution in [0.15, 0.2) is 59.5 Å². The van der Waals surface area contributed by atoms with Crippen molar-refractivity contribution in [3.8, 4) is 0 Å². The van der Waals surface area contributed by atoms with Crippen molar-refractivity contribution in [2.45, 2.75) is 18.4 Å². The van der Waals surface area contributed by atoms with Gasteiger partial charge in [-0.1, -0.05) is 41.9 Å². The van der Waals surface area contributed by atoms with E-state index in [0.29, 0.717) is 18.1 Å². The minimum absolute atomic E-state index is 0.139. The average molecular weight is 393 g/mol. The number of rotatable bonds is 7. The highest BCUT2D eigenvalue weighted by Gasteiger charge is 2.12. The molecule has 2 aromatic carbocycles. The predicted molar refractivity (Wildman–Crippen MR) is 104 cm³/mol. The fraction of sp³-hybridized carbons (Fsp3) is 0.211. The minimum Gasteiger partial charge on any atom is -0.335 e. The van der Waals surface area contributed by atoms with Gasteiger partial charge in [0.05, 0.1) is 4.90 Å². The van der Waals surface area contributed by atoms with Crippen LogP contribution in [0.3, 0.4) is 0 Å². The van der Waals surface area contributed by atoms with Gasteiger partial charge in [0.15, 0.2) is 0 Å². The van der Waals surface area contributed by atoms with Gasteiger partial charge in [-0.25, -0.2) is 13.1 Å². The Bertz CT molecular complexity index is 893. The van der Waals surface area contributed by atoms with Crippen LogP contribution in [0.1, 0.15) is 18.1 Å². The van der Waals surface area contributed by atoms with Crippen LogP contribution in [-0.4, -0.2) is 32.8 Å². The lowest BCUT2D eigenvalue weighted by Gasteiger charge is -2.19. The van der Waals surface area contributed by atoms with Crippen LogP contribution in [0.25, 0.3) is 6.08 Å². The molecule has 26 heavy (non-hydrogen) atoms. The standard InChI is InChI=1S/C19H21ClN2O3S/c1-3-22(14-16-6-4-5-7-18(16)20)19(23)13-10-15-8-11-17(12-9-15)26(24,25)21-2/h4-13,21H,3,14H2,1-2H3/b13-10+. The molecule has 0 spiro atoms. The molecular formula is C19H21ClN2O3S. The lowest BCUT2D eigenvalue weighted by molar-refractivity contribution is -0.126. The Morgan fingerprint density at radius 1 is 1.15 bits per heavy atom. The summed E-state index contributed by atoms with van der Waals surface area (Å²) in [6, 6.07) is 13.7. The number of amides is 1. The van der Waals surface area contributed by atoms with Gasteiger partial charge in [-0.05, 0) is 49.4 Å². The molecule has 0 bridgehead atoms. The number of sulfonamides is 1. The first kappa shape index (κ1) is 20.2. The highest BCUT2D eigenvalue weighted by Crippen LogP contribution is 2.17. The van der Waals surface area contributed by atoms with Crippen LogP contribution >= 0.6 is 11.6 Å². The van der Waals surface area contributed by atoms with Crippen LogP contribution in [0.2, 0.25) is 5.02 Å². The molecule has 0 saturated carbocycles. The number of likely N-dealkylation sites (N-methyl/N-ethyl adjacent to an activating group) is 1. The Hall–Kier alpha value is -2.15. The summed E-state index contributed by atoms with van der Waals surface area (Å²) >= 11 is 6.16. The van der Waals surface area contributed by atoms with E-state index in [1.165, 1.54) is 25.3 Å². The van der Waals surface area contributed by atoms with E-state index in [2.05, 4.69) is 4.72 Å². The molecule has 1 N–H and O–H groups in total. The van der Waals surface area contributed by atoms with E-state index in [-0.39, 0.29) is 10.8 Å². The van der Waals surface area contributed by atoms with Gasteiger partial charge >= 0.3 is 0 Å². The first-order valence-electron chi connectivity index (χ1n) is 8.11. The summed E-state index contributed by atoms with van der Waals surface area (Å²) in [5.74, 6) is -0.139. The molecule has 0 aliphatic carbocycles. The molecule has 1 amide bonds. The fourth-order valence-corrected chi connectivity index (χ4v) is 3.25. The number of nitrogens with one attached hydrogen (secondary N) is 1. The molecule has 0 unspecified atom stereocenters. The lowest BCUT2D eigenvalue weighted by atomic mass is 10.2. The third-order valence-electron chi connectivity index (χ3n) is 3.89. The zero-order valence-corrected chi connectivity index (χ0v) is 16.2. The van der Waals surface area contributed by atoms with E-state index in [1.54, 1.807) is 29.2 Å². The molecule has 0 radical (unpaired) electrons. The maximum atomic E-state index is 12.4. The van der Waals surface area contributed by atoms with E-state index in [9.17, 15) is 13.2 Å². The zero-order valence-electron chi connectivity index (χ0n) is 14.6. The normalized spacial score (nSPS) is 11.7. The van der Waals surface area contributed by atoms with E-state index >= 15 is 0 Å². The van der Waals surface area contributed by atoms with Gasteiger partial charge < -0.3 is 4.90 Å². The number of hydrogen-bond donors (Lipinski definition) is 1. The second kappa shape index (κ2) is 8.98. The predicted octanol–water partition coefficient (Wildman–Crippen LogP) is 3.31. The number of hydrogen-bond acceptors (Lipinski definition) is 3. The molecule has 0 aliphatic heterocycles. The summed E-state index contributed by atoms with van der Waals surface area (Å²) in [5, 5.41) is 0.629. The second-order valence-electron chi connectivity index (χ2n) is 5.55. The van der Waals surface area contributed by atoms with Crippen LogP contribution < -0.4 is 4.72 Å². The molecule has 2 rings (SSSR count). The Kier molecular flexibility index (Phi) is 6.97. The van der Waals surface area contributed by atoms with Crippen molar-refractivity contribution in [2.75, 3.05) is 13.6 Å². The number of nitrogens with zero attached hydrogens (tertiary/aromatic N) is 1. The molecule has 0 heterocycles. The van der Waals surface area contributed by atoms with Gasteiger partial charge in [-0.2, -0.15) is 0 Å². The third kappa shape index (κ3) is 5.17. The van der Waals surface area contributed by atoms with Gasteiger partial charge in [0.25, 0.3) is 0 Å². The van der Waals surface area contributed by atoms with Crippen LogP contribution in [0.5, 0.6) is 0 Å². The minimum atomic E-state index is -3.46. The van der Waals surface area contributed by atoms with Gasteiger partial charge in [-0.15, -0.1) is 0 Å². The number of carbonyl (C=O) groups excluding carboxylic acids is 1. The summed E-state index contributed by atoms with van der Waals surface area (Å²) < 4.78 is 25.7. The monoisotopic (exact) mass is 392 g/mol. The quantitative estimate of drug-likeness (QED) is 0.735. The topological polar surface area (TPSA) is 66.5 Å².